The molecule has 1 heterocycles. The van der Waals surface area contributed by atoms with E-state index in [-0.39, 0.29) is 10.1 Å². The maximum absolute atomic E-state index is 13.1. The lowest BCUT2D eigenvalue weighted by atomic mass is 10.1. The fourth-order valence-corrected chi connectivity index (χ4v) is 5.56. The number of carbonyl (C=O) groups excluding carboxylic acids is 2. The molecule has 1 aromatic heterocycles. The van der Waals surface area contributed by atoms with E-state index in [1.807, 2.05) is 43.6 Å². The van der Waals surface area contributed by atoms with Gasteiger partial charge in [0.2, 0.25) is 0 Å². The van der Waals surface area contributed by atoms with Crippen LogP contribution < -0.4 is 0 Å². The van der Waals surface area contributed by atoms with Gasteiger partial charge in [0.25, 0.3) is 14.1 Å². The van der Waals surface area contributed by atoms with Gasteiger partial charge >= 0.3 is 5.97 Å². The average Bonchev–Trinajstić information content (AvgIpc) is 2.91. The molecule has 0 saturated heterocycles. The van der Waals surface area contributed by atoms with E-state index in [1.165, 1.54) is 0 Å². The van der Waals surface area contributed by atoms with E-state index < -0.39 is 28.3 Å². The van der Waals surface area contributed by atoms with Gasteiger partial charge in [-0.2, -0.15) is 0 Å². The van der Waals surface area contributed by atoms with E-state index in [9.17, 15) is 9.59 Å². The predicted octanol–water partition coefficient (Wildman–Crippen LogP) is 6.23. The molecule has 0 spiro atoms. The average molecular weight is 418 g/mol. The summed E-state index contributed by atoms with van der Waals surface area (Å²) >= 11 is 0. The standard InChI is InChI=1S/C22H35NO3Si2/c1-21(2,3)27(7,8)23-15-17(16-13-11-12-14-18(16)23)19(24)20(25)26-28(9,10)22(4,5)6/h11-15H,1-10H3. The number of hydrogen-bond donors (Lipinski definition) is 0. The van der Waals surface area contributed by atoms with E-state index in [4.69, 9.17) is 4.43 Å². The number of para-hydroxylation sites is 1. The van der Waals surface area contributed by atoms with Crippen LogP contribution in [0.25, 0.3) is 10.9 Å². The summed E-state index contributed by atoms with van der Waals surface area (Å²) in [5, 5.41) is 0.777. The summed E-state index contributed by atoms with van der Waals surface area (Å²) in [5.41, 5.74) is 1.46. The van der Waals surface area contributed by atoms with Crippen LogP contribution in [0.1, 0.15) is 51.9 Å². The molecule has 0 atom stereocenters. The van der Waals surface area contributed by atoms with Crippen LogP contribution in [0.2, 0.25) is 36.3 Å². The largest absolute Gasteiger partial charge is 0.513 e. The second-order valence-corrected chi connectivity index (χ2v) is 20.5. The molecule has 0 radical (unpaired) electrons. The molecule has 6 heteroatoms. The molecule has 1 aromatic carbocycles. The van der Waals surface area contributed by atoms with Crippen LogP contribution in [-0.4, -0.2) is 32.5 Å². The number of hydrogen-bond acceptors (Lipinski definition) is 3. The van der Waals surface area contributed by atoms with Crippen LogP contribution in [0.5, 0.6) is 0 Å². The number of nitrogens with zero attached hydrogens (tertiary/aromatic N) is 1. The predicted molar refractivity (Wildman–Crippen MR) is 122 cm³/mol. The van der Waals surface area contributed by atoms with Crippen molar-refractivity contribution in [1.29, 1.82) is 0 Å². The van der Waals surface area contributed by atoms with E-state index >= 15 is 0 Å². The third kappa shape index (κ3) is 3.89. The molecule has 0 aliphatic carbocycles. The number of rotatable bonds is 4. The Morgan fingerprint density at radius 2 is 1.43 bits per heavy atom. The first-order valence-electron chi connectivity index (χ1n) is 9.89. The zero-order valence-corrected chi connectivity index (χ0v) is 21.1. The summed E-state index contributed by atoms with van der Waals surface area (Å²) in [4.78, 5) is 25.9. The van der Waals surface area contributed by atoms with Crippen LogP contribution >= 0.6 is 0 Å². The number of fused-ring (bicyclic) bond motifs is 1. The van der Waals surface area contributed by atoms with Crippen LogP contribution in [0, 0.1) is 0 Å². The Morgan fingerprint density at radius 3 is 1.93 bits per heavy atom. The van der Waals surface area contributed by atoms with Crippen molar-refractivity contribution in [3.05, 3.63) is 36.0 Å². The Balaban J connectivity index is 2.54. The van der Waals surface area contributed by atoms with Crippen molar-refractivity contribution in [2.45, 2.75) is 77.8 Å². The van der Waals surface area contributed by atoms with E-state index in [2.05, 4.69) is 58.9 Å². The highest BCUT2D eigenvalue weighted by molar-refractivity contribution is 6.79. The van der Waals surface area contributed by atoms with Crippen molar-refractivity contribution in [3.63, 3.8) is 0 Å². The van der Waals surface area contributed by atoms with Crippen LogP contribution in [0.4, 0.5) is 0 Å². The molecule has 0 fully saturated rings. The fourth-order valence-electron chi connectivity index (χ4n) is 2.73. The SMILES string of the molecule is CC(C)(C)[Si](C)(C)OC(=O)C(=O)c1cn([Si](C)(C)C(C)(C)C)c2ccccc12. The molecule has 2 rings (SSSR count). The van der Waals surface area contributed by atoms with Crippen LogP contribution in [0.3, 0.4) is 0 Å². The van der Waals surface area contributed by atoms with Gasteiger partial charge in [-0.1, -0.05) is 72.8 Å². The summed E-state index contributed by atoms with van der Waals surface area (Å²) in [7, 11) is -4.32. The van der Waals surface area contributed by atoms with Gasteiger partial charge in [0.15, 0.2) is 8.24 Å². The Kier molecular flexibility index (Phi) is 5.65. The van der Waals surface area contributed by atoms with Gasteiger partial charge in [-0.15, -0.1) is 0 Å². The Morgan fingerprint density at radius 1 is 0.893 bits per heavy atom. The lowest BCUT2D eigenvalue weighted by Crippen LogP contribution is -2.45. The molecular formula is C22H35NO3Si2. The molecule has 154 valence electrons. The lowest BCUT2D eigenvalue weighted by molar-refractivity contribution is -0.130. The fraction of sp³-hybridized carbons (Fsp3) is 0.545. The molecule has 4 nitrogen and oxygen atoms in total. The molecule has 28 heavy (non-hydrogen) atoms. The Hall–Kier alpha value is -1.67. The molecule has 0 amide bonds. The quantitative estimate of drug-likeness (QED) is 0.337. The summed E-state index contributed by atoms with van der Waals surface area (Å²) < 4.78 is 8.04. The summed E-state index contributed by atoms with van der Waals surface area (Å²) in [6.45, 7) is 21.4. The monoisotopic (exact) mass is 417 g/mol. The molecule has 0 aliphatic heterocycles. The van der Waals surface area contributed by atoms with E-state index in [0.717, 1.165) is 10.9 Å². The summed E-state index contributed by atoms with van der Waals surface area (Å²) in [6, 6.07) is 7.85. The number of aromatic nitrogens is 1. The topological polar surface area (TPSA) is 48.3 Å². The van der Waals surface area contributed by atoms with Crippen LogP contribution in [-0.2, 0) is 9.22 Å². The zero-order valence-electron chi connectivity index (χ0n) is 19.1. The number of benzene rings is 1. The summed E-state index contributed by atoms with van der Waals surface area (Å²) in [6.07, 6.45) is 1.89. The van der Waals surface area contributed by atoms with Crippen molar-refractivity contribution in [3.8, 4) is 0 Å². The van der Waals surface area contributed by atoms with Gasteiger partial charge in [-0.3, -0.25) is 4.79 Å². The number of carbonyl (C=O) groups is 2. The van der Waals surface area contributed by atoms with Gasteiger partial charge in [-0.05, 0) is 29.2 Å². The van der Waals surface area contributed by atoms with Crippen molar-refractivity contribution in [2.75, 3.05) is 0 Å². The molecule has 0 saturated carbocycles. The van der Waals surface area contributed by atoms with Gasteiger partial charge < -0.3 is 8.66 Å². The lowest BCUT2D eigenvalue weighted by Gasteiger charge is -2.38. The minimum Gasteiger partial charge on any atom is -0.513 e. The molecule has 0 bridgehead atoms. The molecule has 0 aliphatic rings. The highest BCUT2D eigenvalue weighted by Gasteiger charge is 2.43. The highest BCUT2D eigenvalue weighted by atomic mass is 28.4. The van der Waals surface area contributed by atoms with Crippen molar-refractivity contribution >= 4 is 39.2 Å². The van der Waals surface area contributed by atoms with Crippen molar-refractivity contribution < 1.29 is 14.0 Å². The molecule has 2 aromatic rings. The zero-order chi connectivity index (χ0) is 21.7. The van der Waals surface area contributed by atoms with Gasteiger partial charge in [0.1, 0.15) is 0 Å². The molecule has 0 unspecified atom stereocenters. The van der Waals surface area contributed by atoms with Gasteiger partial charge in [0, 0.05) is 17.1 Å². The number of ketones is 1. The van der Waals surface area contributed by atoms with Crippen molar-refractivity contribution in [1.82, 2.24) is 4.23 Å². The first-order chi connectivity index (χ1) is 12.5. The maximum atomic E-state index is 13.1. The van der Waals surface area contributed by atoms with Crippen LogP contribution in [0.15, 0.2) is 30.5 Å². The minimum atomic E-state index is -2.36. The Bertz CT molecular complexity index is 912. The van der Waals surface area contributed by atoms with Gasteiger partial charge in [-0.25, -0.2) is 4.79 Å². The number of Topliss-reactive ketones (excluding diaryl/α,β-unsaturated/α-hetero) is 1. The van der Waals surface area contributed by atoms with Gasteiger partial charge in [0.05, 0.1) is 5.56 Å². The summed E-state index contributed by atoms with van der Waals surface area (Å²) in [5.74, 6) is -1.27. The smallest absolute Gasteiger partial charge is 0.366 e. The molecular weight excluding hydrogens is 382 g/mol. The van der Waals surface area contributed by atoms with E-state index in [1.54, 1.807) is 0 Å². The second kappa shape index (κ2) is 6.99. The maximum Gasteiger partial charge on any atom is 0.366 e. The first kappa shape index (κ1) is 22.6. The third-order valence-corrected chi connectivity index (χ3v) is 16.3. The second-order valence-electron chi connectivity index (χ2n) is 10.7. The highest BCUT2D eigenvalue weighted by Crippen LogP contribution is 2.40. The third-order valence-electron chi connectivity index (χ3n) is 6.73. The Labute approximate surface area is 171 Å². The van der Waals surface area contributed by atoms with Crippen molar-refractivity contribution in [2.24, 2.45) is 0 Å². The van der Waals surface area contributed by atoms with E-state index in [0.29, 0.717) is 5.56 Å². The molecule has 0 N–H and O–H groups in total. The minimum absolute atomic E-state index is 0.0940. The first-order valence-corrected chi connectivity index (χ1v) is 15.7. The normalized spacial score (nSPS) is 13.6.